The molecule has 3 aromatic carbocycles. The lowest BCUT2D eigenvalue weighted by Crippen LogP contribution is -2.00. The Kier molecular flexibility index (Phi) is 7.62. The lowest BCUT2D eigenvalue weighted by atomic mass is 10.1. The monoisotopic (exact) mass is 482 g/mol. The first kappa shape index (κ1) is 20.4. The molecule has 0 atom stereocenters. The van der Waals surface area contributed by atoms with Gasteiger partial charge in [0.15, 0.2) is 0 Å². The first-order valence-corrected chi connectivity index (χ1v) is 10.5. The third-order valence-electron chi connectivity index (χ3n) is 3.46. The van der Waals surface area contributed by atoms with Gasteiger partial charge in [0.05, 0.1) is 7.11 Å². The van der Waals surface area contributed by atoms with Crippen molar-refractivity contribution in [1.82, 2.24) is 0 Å². The average Bonchev–Trinajstić information content (AvgIpc) is 2.62. The summed E-state index contributed by atoms with van der Waals surface area (Å²) < 4.78 is 35.7. The molecule has 0 amide bonds. The quantitative estimate of drug-likeness (QED) is 0.418. The molecular weight excluding hydrogens is 463 g/mol. The number of ether oxygens (including phenoxy) is 1. The smallest absolute Gasteiger partial charge is 0.269 e. The van der Waals surface area contributed by atoms with Crippen molar-refractivity contribution in [1.29, 1.82) is 0 Å². The minimum Gasteiger partial charge on any atom is -0.496 e. The van der Waals surface area contributed by atoms with Crippen LogP contribution in [0, 0.1) is 3.57 Å². The second kappa shape index (κ2) is 9.70. The maximum Gasteiger partial charge on any atom is 0.269 e. The lowest BCUT2D eigenvalue weighted by molar-refractivity contribution is 0.416. The van der Waals surface area contributed by atoms with E-state index in [1.807, 2.05) is 30.3 Å². The van der Waals surface area contributed by atoms with E-state index in [0.29, 0.717) is 5.56 Å². The average molecular weight is 482 g/mol. The van der Waals surface area contributed by atoms with Crippen LogP contribution in [0.5, 0.6) is 5.75 Å². The minimum atomic E-state index is -3.88. The van der Waals surface area contributed by atoms with Gasteiger partial charge in [-0.2, -0.15) is 8.42 Å². The third-order valence-corrected chi connectivity index (χ3v) is 5.10. The highest BCUT2D eigenvalue weighted by Crippen LogP contribution is 2.32. The van der Waals surface area contributed by atoms with Gasteiger partial charge in [-0.25, -0.2) is 0 Å². The van der Waals surface area contributed by atoms with Gasteiger partial charge >= 0.3 is 0 Å². The molecule has 0 aliphatic carbocycles. The predicted molar refractivity (Wildman–Crippen MR) is 113 cm³/mol. The number of methoxy groups -OCH3 is 1. The molecule has 0 bridgehead atoms. The molecule has 1 N–H and O–H groups in total. The maximum atomic E-state index is 10.4. The van der Waals surface area contributed by atoms with Crippen LogP contribution < -0.4 is 4.74 Å². The molecule has 3 rings (SSSR count). The van der Waals surface area contributed by atoms with Crippen molar-refractivity contribution in [2.75, 3.05) is 7.11 Å². The van der Waals surface area contributed by atoms with Crippen LogP contribution in [0.15, 0.2) is 78.9 Å². The number of hydrogen-bond acceptors (Lipinski definition) is 3. The summed E-state index contributed by atoms with van der Waals surface area (Å²) in [6.45, 7) is 0. The SMILES string of the molecule is COc1ccccc1-c1ccccc1I.O=S(=O)(O)Cc1ccccc1. The first-order chi connectivity index (χ1) is 12.4. The van der Waals surface area contributed by atoms with Crippen molar-refractivity contribution in [3.05, 3.63) is 88.0 Å². The molecule has 136 valence electrons. The van der Waals surface area contributed by atoms with E-state index in [1.54, 1.807) is 37.4 Å². The topological polar surface area (TPSA) is 63.6 Å². The van der Waals surface area contributed by atoms with Crippen LogP contribution in [0.25, 0.3) is 11.1 Å². The predicted octanol–water partition coefficient (Wildman–Crippen LogP) is 5.04. The van der Waals surface area contributed by atoms with Gasteiger partial charge in [-0.15, -0.1) is 0 Å². The van der Waals surface area contributed by atoms with Crippen LogP contribution in [0.3, 0.4) is 0 Å². The Bertz CT molecular complexity index is 941. The van der Waals surface area contributed by atoms with Gasteiger partial charge in [-0.3, -0.25) is 4.55 Å². The fourth-order valence-corrected chi connectivity index (χ4v) is 3.62. The van der Waals surface area contributed by atoms with Crippen LogP contribution in [-0.4, -0.2) is 20.1 Å². The lowest BCUT2D eigenvalue weighted by Gasteiger charge is -2.09. The Morgan fingerprint density at radius 1 is 0.846 bits per heavy atom. The zero-order valence-corrected chi connectivity index (χ0v) is 17.1. The summed E-state index contributed by atoms with van der Waals surface area (Å²) in [6, 6.07) is 24.9. The van der Waals surface area contributed by atoms with Gasteiger partial charge in [0, 0.05) is 9.13 Å². The molecule has 0 fully saturated rings. The molecule has 0 spiro atoms. The van der Waals surface area contributed by atoms with Crippen molar-refractivity contribution in [2.24, 2.45) is 0 Å². The van der Waals surface area contributed by atoms with E-state index in [-0.39, 0.29) is 5.75 Å². The van der Waals surface area contributed by atoms with Gasteiger partial charge in [0.25, 0.3) is 10.1 Å². The normalized spacial score (nSPS) is 10.6. The number of rotatable bonds is 4. The number of hydrogen-bond donors (Lipinski definition) is 1. The highest BCUT2D eigenvalue weighted by molar-refractivity contribution is 14.1. The highest BCUT2D eigenvalue weighted by atomic mass is 127. The van der Waals surface area contributed by atoms with E-state index < -0.39 is 10.1 Å². The Hall–Kier alpha value is -1.90. The molecule has 26 heavy (non-hydrogen) atoms. The zero-order chi connectivity index (χ0) is 19.0. The first-order valence-electron chi connectivity index (χ1n) is 7.77. The van der Waals surface area contributed by atoms with Crippen LogP contribution >= 0.6 is 22.6 Å². The fourth-order valence-electron chi connectivity index (χ4n) is 2.33. The largest absolute Gasteiger partial charge is 0.496 e. The minimum absolute atomic E-state index is 0.312. The van der Waals surface area contributed by atoms with Crippen LogP contribution in [-0.2, 0) is 15.9 Å². The summed E-state index contributed by atoms with van der Waals surface area (Å²) in [6.07, 6.45) is 0. The second-order valence-corrected chi connectivity index (χ2v) is 8.01. The standard InChI is InChI=1S/C13H11IO.C7H8O3S/c1-15-13-9-5-3-7-11(13)10-6-2-4-8-12(10)14;8-11(9,10)6-7-4-2-1-3-5-7/h2-9H,1H3;1-5H,6H2,(H,8,9,10). The summed E-state index contributed by atoms with van der Waals surface area (Å²) in [7, 11) is -2.17. The third kappa shape index (κ3) is 6.44. The molecule has 0 aromatic heterocycles. The summed E-state index contributed by atoms with van der Waals surface area (Å²) >= 11 is 2.34. The van der Waals surface area contributed by atoms with Crippen LogP contribution in [0.2, 0.25) is 0 Å². The van der Waals surface area contributed by atoms with Crippen molar-refractivity contribution < 1.29 is 17.7 Å². The Labute approximate surface area is 167 Å². The molecule has 0 heterocycles. The summed E-state index contributed by atoms with van der Waals surface area (Å²) in [4.78, 5) is 0. The van der Waals surface area contributed by atoms with Crippen molar-refractivity contribution >= 4 is 32.7 Å². The molecule has 0 saturated heterocycles. The van der Waals surface area contributed by atoms with E-state index in [0.717, 1.165) is 11.3 Å². The number of halogens is 1. The summed E-state index contributed by atoms with van der Waals surface area (Å²) in [5.41, 5.74) is 2.95. The molecule has 0 radical (unpaired) electrons. The summed E-state index contributed by atoms with van der Waals surface area (Å²) in [5, 5.41) is 0. The van der Waals surface area contributed by atoms with Gasteiger partial charge in [-0.05, 0) is 45.9 Å². The van der Waals surface area contributed by atoms with E-state index in [2.05, 4.69) is 40.8 Å². The highest BCUT2D eigenvalue weighted by Gasteiger charge is 2.07. The van der Waals surface area contributed by atoms with E-state index in [4.69, 9.17) is 9.29 Å². The summed E-state index contributed by atoms with van der Waals surface area (Å²) in [5.74, 6) is 0.606. The Morgan fingerprint density at radius 2 is 1.38 bits per heavy atom. The molecule has 6 heteroatoms. The Balaban J connectivity index is 0.000000197. The molecule has 0 aliphatic rings. The Morgan fingerprint density at radius 3 is 1.96 bits per heavy atom. The zero-order valence-electron chi connectivity index (χ0n) is 14.2. The fraction of sp³-hybridized carbons (Fsp3) is 0.100. The van der Waals surface area contributed by atoms with Gasteiger partial charge in [-0.1, -0.05) is 66.7 Å². The van der Waals surface area contributed by atoms with Gasteiger partial charge in [0.1, 0.15) is 11.5 Å². The van der Waals surface area contributed by atoms with Crippen molar-refractivity contribution in [2.45, 2.75) is 5.75 Å². The molecule has 4 nitrogen and oxygen atoms in total. The van der Waals surface area contributed by atoms with Crippen LogP contribution in [0.4, 0.5) is 0 Å². The van der Waals surface area contributed by atoms with E-state index in [9.17, 15) is 8.42 Å². The van der Waals surface area contributed by atoms with Crippen LogP contribution in [0.1, 0.15) is 5.56 Å². The number of para-hydroxylation sites is 1. The van der Waals surface area contributed by atoms with Crippen molar-refractivity contribution in [3.8, 4) is 16.9 Å². The maximum absolute atomic E-state index is 10.4. The van der Waals surface area contributed by atoms with E-state index in [1.165, 1.54) is 9.13 Å². The van der Waals surface area contributed by atoms with Crippen molar-refractivity contribution in [3.63, 3.8) is 0 Å². The van der Waals surface area contributed by atoms with E-state index >= 15 is 0 Å². The van der Waals surface area contributed by atoms with Gasteiger partial charge in [0.2, 0.25) is 0 Å². The molecule has 0 saturated carbocycles. The number of benzene rings is 3. The molecule has 0 aliphatic heterocycles. The molecular formula is C20H19IO4S. The van der Waals surface area contributed by atoms with Gasteiger partial charge < -0.3 is 4.74 Å². The molecule has 0 unspecified atom stereocenters. The second-order valence-electron chi connectivity index (χ2n) is 5.39. The molecule has 3 aromatic rings.